The number of carbonyl (C=O) groups is 4. The number of imide groups is 2. The molecule has 2 heterocycles. The zero-order valence-electron chi connectivity index (χ0n) is 25.0. The molecule has 2 aliphatic rings. The quantitative estimate of drug-likeness (QED) is 0.287. The van der Waals surface area contributed by atoms with E-state index >= 15 is 0 Å². The fourth-order valence-corrected chi connectivity index (χ4v) is 5.69. The molecule has 0 radical (unpaired) electrons. The fraction of sp³-hybridized carbons (Fsp3) is 0.471. The van der Waals surface area contributed by atoms with Gasteiger partial charge in [0.15, 0.2) is 0 Å². The molecule has 2 saturated heterocycles. The van der Waals surface area contributed by atoms with Gasteiger partial charge < -0.3 is 9.47 Å². The number of amides is 4. The van der Waals surface area contributed by atoms with Crippen molar-refractivity contribution in [3.05, 3.63) is 83.9 Å². The highest BCUT2D eigenvalue weighted by Gasteiger charge is 2.42. The lowest BCUT2D eigenvalue weighted by atomic mass is 9.88. The molecule has 224 valence electrons. The van der Waals surface area contributed by atoms with E-state index in [9.17, 15) is 19.2 Å². The Kier molecular flexibility index (Phi) is 10.6. The van der Waals surface area contributed by atoms with Gasteiger partial charge in [-0.05, 0) is 48.6 Å². The topological polar surface area (TPSA) is 93.2 Å². The first-order chi connectivity index (χ1) is 20.2. The number of allylic oxidation sites excluding steroid dienone is 2. The second-order valence-electron chi connectivity index (χ2n) is 11.9. The average Bonchev–Trinajstić information content (AvgIpc) is 3.51. The largest absolute Gasteiger partial charge is 0.447 e. The Morgan fingerprint density at radius 1 is 0.690 bits per heavy atom. The first kappa shape index (κ1) is 31.0. The van der Waals surface area contributed by atoms with Gasteiger partial charge >= 0.3 is 12.2 Å². The van der Waals surface area contributed by atoms with Crippen LogP contribution in [-0.4, -0.2) is 59.1 Å². The monoisotopic (exact) mass is 574 g/mol. The second-order valence-corrected chi connectivity index (χ2v) is 11.9. The van der Waals surface area contributed by atoms with E-state index in [-0.39, 0.29) is 48.9 Å². The highest BCUT2D eigenvalue weighted by atomic mass is 16.6. The molecule has 0 bridgehead atoms. The zero-order valence-corrected chi connectivity index (χ0v) is 25.0. The van der Waals surface area contributed by atoms with E-state index in [2.05, 4.69) is 0 Å². The van der Waals surface area contributed by atoms with Crippen LogP contribution in [0.2, 0.25) is 0 Å². The van der Waals surface area contributed by atoms with Crippen LogP contribution in [0, 0.1) is 23.7 Å². The van der Waals surface area contributed by atoms with Crippen molar-refractivity contribution in [3.8, 4) is 0 Å². The van der Waals surface area contributed by atoms with Crippen molar-refractivity contribution >= 4 is 24.0 Å². The van der Waals surface area contributed by atoms with Gasteiger partial charge in [-0.3, -0.25) is 9.59 Å². The van der Waals surface area contributed by atoms with Crippen LogP contribution in [0.1, 0.15) is 51.7 Å². The molecule has 0 spiro atoms. The van der Waals surface area contributed by atoms with Crippen molar-refractivity contribution in [1.29, 1.82) is 0 Å². The van der Waals surface area contributed by atoms with Crippen molar-refractivity contribution in [2.45, 2.75) is 65.5 Å². The number of benzene rings is 2. The SMILES string of the molecule is CC(C)[C@@H](C/C=C/C[C@@H](C(=O)N1C(=O)OC[C@H]1Cc1ccccc1)C(C)C)C(=O)N1C(=O)OC[C@H]1Cc1ccccc1. The Balaban J connectivity index is 1.40. The Morgan fingerprint density at radius 3 is 1.38 bits per heavy atom. The van der Waals surface area contributed by atoms with Crippen LogP contribution in [0.15, 0.2) is 72.8 Å². The third kappa shape index (κ3) is 7.46. The van der Waals surface area contributed by atoms with Crippen LogP contribution in [0.25, 0.3) is 0 Å². The molecule has 4 atom stereocenters. The Labute approximate surface area is 248 Å². The summed E-state index contributed by atoms with van der Waals surface area (Å²) in [5, 5.41) is 0. The van der Waals surface area contributed by atoms with E-state index < -0.39 is 24.0 Å². The highest BCUT2D eigenvalue weighted by molar-refractivity contribution is 5.95. The van der Waals surface area contributed by atoms with Crippen molar-refractivity contribution in [2.75, 3.05) is 13.2 Å². The summed E-state index contributed by atoms with van der Waals surface area (Å²) < 4.78 is 10.6. The van der Waals surface area contributed by atoms with Crippen molar-refractivity contribution in [3.63, 3.8) is 0 Å². The van der Waals surface area contributed by atoms with Crippen molar-refractivity contribution < 1.29 is 28.7 Å². The van der Waals surface area contributed by atoms with Gasteiger partial charge in [-0.25, -0.2) is 19.4 Å². The van der Waals surface area contributed by atoms with Crippen LogP contribution >= 0.6 is 0 Å². The summed E-state index contributed by atoms with van der Waals surface area (Å²) in [5.74, 6) is -1.32. The standard InChI is InChI=1S/C34H42N2O6/c1-23(2)29(31(37)35-27(21-41-33(35)39)19-25-13-7-5-8-14-25)17-11-12-18-30(24(3)4)32(38)36-28(22-42-34(36)40)20-26-15-9-6-10-16-26/h5-16,23-24,27-30H,17-22H2,1-4H3/b12-11+/t27-,28-,29-,30-/m1/s1. The highest BCUT2D eigenvalue weighted by Crippen LogP contribution is 2.28. The number of rotatable bonds is 12. The van der Waals surface area contributed by atoms with E-state index in [0.29, 0.717) is 25.7 Å². The first-order valence-electron chi connectivity index (χ1n) is 14.9. The summed E-state index contributed by atoms with van der Waals surface area (Å²) in [6, 6.07) is 18.8. The first-order valence-corrected chi connectivity index (χ1v) is 14.9. The van der Waals surface area contributed by atoms with E-state index in [1.165, 1.54) is 9.80 Å². The summed E-state index contributed by atoms with van der Waals surface area (Å²) in [6.45, 7) is 8.24. The molecular formula is C34H42N2O6. The average molecular weight is 575 g/mol. The molecule has 42 heavy (non-hydrogen) atoms. The molecular weight excluding hydrogens is 532 g/mol. The number of cyclic esters (lactones) is 2. The van der Waals surface area contributed by atoms with Crippen LogP contribution in [0.5, 0.6) is 0 Å². The van der Waals surface area contributed by atoms with Crippen LogP contribution in [0.4, 0.5) is 9.59 Å². The van der Waals surface area contributed by atoms with Gasteiger partial charge in [0.05, 0.1) is 12.1 Å². The number of carbonyl (C=O) groups excluding carboxylic acids is 4. The molecule has 0 unspecified atom stereocenters. The molecule has 4 amide bonds. The molecule has 2 aromatic carbocycles. The van der Waals surface area contributed by atoms with E-state index in [0.717, 1.165) is 11.1 Å². The summed E-state index contributed by atoms with van der Waals surface area (Å²) in [6.07, 6.45) is 4.60. The molecule has 0 aliphatic carbocycles. The number of hydrogen-bond donors (Lipinski definition) is 0. The minimum absolute atomic E-state index is 0.00596. The molecule has 4 rings (SSSR count). The molecule has 8 heteroatoms. The Bertz CT molecular complexity index is 1160. The summed E-state index contributed by atoms with van der Waals surface area (Å²) in [7, 11) is 0. The molecule has 0 saturated carbocycles. The smallest absolute Gasteiger partial charge is 0.416 e. The van der Waals surface area contributed by atoms with Gasteiger partial charge in [-0.2, -0.15) is 0 Å². The predicted octanol–water partition coefficient (Wildman–Crippen LogP) is 6.05. The Morgan fingerprint density at radius 2 is 1.05 bits per heavy atom. The number of hydrogen-bond acceptors (Lipinski definition) is 6. The van der Waals surface area contributed by atoms with E-state index in [1.54, 1.807) is 0 Å². The van der Waals surface area contributed by atoms with Gasteiger partial charge in [0.2, 0.25) is 11.8 Å². The molecule has 2 aromatic rings. The van der Waals surface area contributed by atoms with Crippen LogP contribution < -0.4 is 0 Å². The van der Waals surface area contributed by atoms with Crippen molar-refractivity contribution in [2.24, 2.45) is 23.7 Å². The minimum atomic E-state index is -0.594. The molecule has 2 fully saturated rings. The molecule has 8 nitrogen and oxygen atoms in total. The van der Waals surface area contributed by atoms with E-state index in [4.69, 9.17) is 9.47 Å². The maximum Gasteiger partial charge on any atom is 0.416 e. The second kappa shape index (κ2) is 14.3. The lowest BCUT2D eigenvalue weighted by Gasteiger charge is -2.27. The lowest BCUT2D eigenvalue weighted by molar-refractivity contribution is -0.135. The number of ether oxygens (including phenoxy) is 2. The van der Waals surface area contributed by atoms with Crippen molar-refractivity contribution in [1.82, 2.24) is 9.80 Å². The predicted molar refractivity (Wildman–Crippen MR) is 159 cm³/mol. The summed E-state index contributed by atoms with van der Waals surface area (Å²) >= 11 is 0. The normalized spacial score (nSPS) is 20.3. The maximum atomic E-state index is 13.6. The zero-order chi connectivity index (χ0) is 30.2. The van der Waals surface area contributed by atoms with Gasteiger partial charge in [0.25, 0.3) is 0 Å². The Hall–Kier alpha value is -3.94. The summed E-state index contributed by atoms with van der Waals surface area (Å²) in [4.78, 5) is 55.0. The van der Waals surface area contributed by atoms with Gasteiger partial charge in [0.1, 0.15) is 13.2 Å². The fourth-order valence-electron chi connectivity index (χ4n) is 5.69. The molecule has 0 aromatic heterocycles. The van der Waals surface area contributed by atoms with Gasteiger partial charge in [-0.1, -0.05) is 101 Å². The maximum absolute atomic E-state index is 13.6. The third-order valence-corrected chi connectivity index (χ3v) is 8.22. The number of nitrogens with zero attached hydrogens (tertiary/aromatic N) is 2. The summed E-state index contributed by atoms with van der Waals surface area (Å²) in [5.41, 5.74) is 2.08. The third-order valence-electron chi connectivity index (χ3n) is 8.22. The minimum Gasteiger partial charge on any atom is -0.447 e. The van der Waals surface area contributed by atoms with Crippen LogP contribution in [0.3, 0.4) is 0 Å². The van der Waals surface area contributed by atoms with Gasteiger partial charge in [0, 0.05) is 11.8 Å². The molecule has 2 aliphatic heterocycles. The molecule has 0 N–H and O–H groups in total. The van der Waals surface area contributed by atoms with E-state index in [1.807, 2.05) is 101 Å². The van der Waals surface area contributed by atoms with Crippen LogP contribution in [-0.2, 0) is 31.9 Å². The van der Waals surface area contributed by atoms with Gasteiger partial charge in [-0.15, -0.1) is 0 Å². The lowest BCUT2D eigenvalue weighted by Crippen LogP contribution is -2.45.